The van der Waals surface area contributed by atoms with Gasteiger partial charge in [0.25, 0.3) is 11.6 Å². The summed E-state index contributed by atoms with van der Waals surface area (Å²) >= 11 is 11.7. The molecule has 0 atom stereocenters. The van der Waals surface area contributed by atoms with Crippen LogP contribution < -0.4 is 10.2 Å². The zero-order chi connectivity index (χ0) is 19.8. The summed E-state index contributed by atoms with van der Waals surface area (Å²) in [5.41, 5.74) is 3.49. The van der Waals surface area contributed by atoms with Gasteiger partial charge in [-0.15, -0.1) is 0 Å². The summed E-state index contributed by atoms with van der Waals surface area (Å²) in [7, 11) is 0. The van der Waals surface area contributed by atoms with Gasteiger partial charge in [0.15, 0.2) is 6.61 Å². The first-order chi connectivity index (χ1) is 12.8. The highest BCUT2D eigenvalue weighted by Gasteiger charge is 2.06. The quantitative estimate of drug-likeness (QED) is 0.415. The number of carbonyl (C=O) groups excluding carboxylic acids is 1. The molecule has 2 aromatic carbocycles. The van der Waals surface area contributed by atoms with E-state index in [9.17, 15) is 14.9 Å². The van der Waals surface area contributed by atoms with E-state index in [2.05, 4.69) is 10.5 Å². The molecule has 0 bridgehead atoms. The Hall–Kier alpha value is -2.90. The summed E-state index contributed by atoms with van der Waals surface area (Å²) in [6.45, 7) is 1.40. The molecule has 0 unspecified atom stereocenters. The predicted octanol–water partition coefficient (Wildman–Crippen LogP) is 4.49. The van der Waals surface area contributed by atoms with Gasteiger partial charge < -0.3 is 4.74 Å². The number of hydrazone groups is 1. The Morgan fingerprint density at radius 3 is 2.78 bits per heavy atom. The molecule has 1 amide bonds. The Labute approximate surface area is 165 Å². The molecule has 0 spiro atoms. The number of non-ortho nitro benzene ring substituents is 1. The summed E-state index contributed by atoms with van der Waals surface area (Å²) < 4.78 is 5.30. The van der Waals surface area contributed by atoms with Crippen LogP contribution in [0.5, 0.6) is 5.75 Å². The fraction of sp³-hybridized carbons (Fsp3) is 0.111. The lowest BCUT2D eigenvalue weighted by Gasteiger charge is -2.07. The highest BCUT2D eigenvalue weighted by molar-refractivity contribution is 6.35. The third kappa shape index (κ3) is 6.73. The van der Waals surface area contributed by atoms with Crippen LogP contribution in [-0.4, -0.2) is 23.1 Å². The lowest BCUT2D eigenvalue weighted by atomic mass is 10.2. The molecule has 9 heteroatoms. The van der Waals surface area contributed by atoms with E-state index in [1.165, 1.54) is 18.2 Å². The van der Waals surface area contributed by atoms with Crippen molar-refractivity contribution in [2.24, 2.45) is 5.10 Å². The largest absolute Gasteiger partial charge is 0.482 e. The summed E-state index contributed by atoms with van der Waals surface area (Å²) in [5, 5.41) is 15.4. The zero-order valence-electron chi connectivity index (χ0n) is 14.2. The predicted molar refractivity (Wildman–Crippen MR) is 105 cm³/mol. The molecule has 140 valence electrons. The highest BCUT2D eigenvalue weighted by Crippen LogP contribution is 2.27. The van der Waals surface area contributed by atoms with Crippen LogP contribution in [0.15, 0.2) is 53.6 Å². The molecule has 2 rings (SSSR count). The first-order valence-electron chi connectivity index (χ1n) is 7.68. The van der Waals surface area contributed by atoms with Crippen LogP contribution in [0.2, 0.25) is 10.0 Å². The van der Waals surface area contributed by atoms with Gasteiger partial charge in [-0.1, -0.05) is 41.4 Å². The van der Waals surface area contributed by atoms with E-state index in [1.807, 2.05) is 0 Å². The number of nitrogens with zero attached hydrogens (tertiary/aromatic N) is 2. The van der Waals surface area contributed by atoms with Gasteiger partial charge in [-0.25, -0.2) is 5.43 Å². The maximum atomic E-state index is 11.8. The van der Waals surface area contributed by atoms with Gasteiger partial charge >= 0.3 is 0 Å². The van der Waals surface area contributed by atoms with E-state index in [-0.39, 0.29) is 12.3 Å². The topological polar surface area (TPSA) is 93.8 Å². The van der Waals surface area contributed by atoms with Crippen LogP contribution in [-0.2, 0) is 4.79 Å². The van der Waals surface area contributed by atoms with Crippen LogP contribution in [0.3, 0.4) is 0 Å². The Bertz CT molecular complexity index is 913. The summed E-state index contributed by atoms with van der Waals surface area (Å²) in [4.78, 5) is 22.1. The fourth-order valence-corrected chi connectivity index (χ4v) is 2.38. The Morgan fingerprint density at radius 2 is 2.07 bits per heavy atom. The molecule has 2 aromatic rings. The van der Waals surface area contributed by atoms with E-state index in [4.69, 9.17) is 27.9 Å². The molecule has 0 aliphatic rings. The molecule has 0 radical (unpaired) electrons. The van der Waals surface area contributed by atoms with Gasteiger partial charge in [0.1, 0.15) is 5.75 Å². The number of hydrogen-bond donors (Lipinski definition) is 1. The van der Waals surface area contributed by atoms with Crippen molar-refractivity contribution in [2.75, 3.05) is 6.61 Å². The molecular formula is C18H15Cl2N3O4. The third-order valence-corrected chi connectivity index (χ3v) is 3.74. The molecule has 0 aromatic heterocycles. The van der Waals surface area contributed by atoms with Crippen LogP contribution in [0, 0.1) is 10.1 Å². The molecule has 0 heterocycles. The first kappa shape index (κ1) is 20.4. The molecule has 0 fully saturated rings. The van der Waals surface area contributed by atoms with Gasteiger partial charge in [-0.2, -0.15) is 5.10 Å². The lowest BCUT2D eigenvalue weighted by molar-refractivity contribution is -0.384. The minimum absolute atomic E-state index is 0.00180. The number of allylic oxidation sites excluding steroid dienone is 1. The number of nitro groups is 1. The number of hydrogen-bond acceptors (Lipinski definition) is 5. The number of carbonyl (C=O) groups is 1. The highest BCUT2D eigenvalue weighted by atomic mass is 35.5. The van der Waals surface area contributed by atoms with Crippen molar-refractivity contribution in [3.8, 4) is 5.75 Å². The van der Waals surface area contributed by atoms with Crippen LogP contribution in [0.25, 0.3) is 6.08 Å². The summed E-state index contributed by atoms with van der Waals surface area (Å²) in [6.07, 6.45) is 3.28. The average Bonchev–Trinajstić information content (AvgIpc) is 2.64. The fourth-order valence-electron chi connectivity index (χ4n) is 1.91. The second-order valence-electron chi connectivity index (χ2n) is 5.34. The smallest absolute Gasteiger partial charge is 0.277 e. The number of benzene rings is 2. The normalized spacial score (nSPS) is 11.4. The number of rotatable bonds is 7. The first-order valence-corrected chi connectivity index (χ1v) is 8.44. The third-order valence-electron chi connectivity index (χ3n) is 3.21. The molecule has 0 aliphatic heterocycles. The summed E-state index contributed by atoms with van der Waals surface area (Å²) in [5.74, 6) is -0.133. The van der Waals surface area contributed by atoms with Gasteiger partial charge in [-0.05, 0) is 36.8 Å². The SMILES string of the molecule is CC(/C=C/c1cccc([N+](=O)[O-])c1)=NNC(=O)COc1ccc(Cl)cc1Cl. The standard InChI is InChI=1S/C18H15Cl2N3O4/c1-12(5-6-13-3-2-4-15(9-13)23(25)26)21-22-18(24)11-27-17-8-7-14(19)10-16(17)20/h2-10H,11H2,1H3,(H,22,24)/b6-5+,21-12?. The molecule has 7 nitrogen and oxygen atoms in total. The molecule has 0 saturated carbocycles. The Kier molecular flexibility index (Phi) is 7.34. The van der Waals surface area contributed by atoms with E-state index >= 15 is 0 Å². The minimum atomic E-state index is -0.468. The van der Waals surface area contributed by atoms with E-state index in [0.29, 0.717) is 27.1 Å². The van der Waals surface area contributed by atoms with Crippen molar-refractivity contribution in [1.82, 2.24) is 5.43 Å². The van der Waals surface area contributed by atoms with E-state index in [1.54, 1.807) is 43.3 Å². The van der Waals surface area contributed by atoms with Crippen LogP contribution in [0.4, 0.5) is 5.69 Å². The van der Waals surface area contributed by atoms with E-state index < -0.39 is 10.8 Å². The van der Waals surface area contributed by atoms with E-state index in [0.717, 1.165) is 0 Å². The average molecular weight is 408 g/mol. The van der Waals surface area contributed by atoms with Crippen LogP contribution in [0.1, 0.15) is 12.5 Å². The molecule has 1 N–H and O–H groups in total. The number of nitrogens with one attached hydrogen (secondary N) is 1. The number of halogens is 2. The van der Waals surface area contributed by atoms with Gasteiger partial charge in [-0.3, -0.25) is 14.9 Å². The maximum Gasteiger partial charge on any atom is 0.277 e. The Morgan fingerprint density at radius 1 is 1.30 bits per heavy atom. The van der Waals surface area contributed by atoms with Gasteiger partial charge in [0.2, 0.25) is 0 Å². The second-order valence-corrected chi connectivity index (χ2v) is 6.18. The van der Waals surface area contributed by atoms with Crippen molar-refractivity contribution < 1.29 is 14.5 Å². The van der Waals surface area contributed by atoms with Crippen molar-refractivity contribution in [1.29, 1.82) is 0 Å². The molecule has 0 aliphatic carbocycles. The number of amides is 1. The van der Waals surface area contributed by atoms with Crippen LogP contribution >= 0.6 is 23.2 Å². The van der Waals surface area contributed by atoms with Gasteiger partial charge in [0.05, 0.1) is 15.7 Å². The lowest BCUT2D eigenvalue weighted by Crippen LogP contribution is -2.25. The van der Waals surface area contributed by atoms with Gasteiger partial charge in [0, 0.05) is 17.2 Å². The Balaban J connectivity index is 1.88. The number of nitro benzene ring substituents is 1. The molecular weight excluding hydrogens is 393 g/mol. The second kappa shape index (κ2) is 9.70. The van der Waals surface area contributed by atoms with Crippen molar-refractivity contribution in [3.63, 3.8) is 0 Å². The monoisotopic (exact) mass is 407 g/mol. The van der Waals surface area contributed by atoms with Crippen molar-refractivity contribution >= 4 is 46.6 Å². The molecule has 0 saturated heterocycles. The number of ether oxygens (including phenoxy) is 1. The maximum absolute atomic E-state index is 11.8. The zero-order valence-corrected chi connectivity index (χ0v) is 15.7. The summed E-state index contributed by atoms with van der Waals surface area (Å²) in [6, 6.07) is 10.8. The van der Waals surface area contributed by atoms with Crippen molar-refractivity contribution in [2.45, 2.75) is 6.92 Å². The molecule has 27 heavy (non-hydrogen) atoms. The van der Waals surface area contributed by atoms with Crippen molar-refractivity contribution in [3.05, 3.63) is 74.3 Å². The minimum Gasteiger partial charge on any atom is -0.482 e.